The van der Waals surface area contributed by atoms with Crippen molar-refractivity contribution in [3.05, 3.63) is 72.2 Å². The van der Waals surface area contributed by atoms with E-state index in [1.807, 2.05) is 11.8 Å². The Hall–Kier alpha value is -2.98. The van der Waals surface area contributed by atoms with Gasteiger partial charge in [0.1, 0.15) is 41.8 Å². The van der Waals surface area contributed by atoms with Crippen molar-refractivity contribution in [2.75, 3.05) is 13.1 Å². The highest BCUT2D eigenvalue weighted by Gasteiger charge is 2.43. The topological polar surface area (TPSA) is 76.3 Å². The first-order chi connectivity index (χ1) is 15.3. The zero-order chi connectivity index (χ0) is 22.7. The molecular weight excluding hydrogens is 423 g/mol. The molecule has 0 amide bonds. The summed E-state index contributed by atoms with van der Waals surface area (Å²) < 4.78 is 48.5. The van der Waals surface area contributed by atoms with Crippen LogP contribution in [0.25, 0.3) is 0 Å². The van der Waals surface area contributed by atoms with Crippen molar-refractivity contribution in [1.29, 1.82) is 0 Å². The molecule has 3 aromatic rings. The van der Waals surface area contributed by atoms with E-state index >= 15 is 0 Å². The Labute approximate surface area is 183 Å². The van der Waals surface area contributed by atoms with Gasteiger partial charge in [-0.15, -0.1) is 0 Å². The van der Waals surface area contributed by atoms with Gasteiger partial charge in [0.05, 0.1) is 12.7 Å². The Morgan fingerprint density at radius 3 is 2.53 bits per heavy atom. The van der Waals surface area contributed by atoms with Crippen LogP contribution in [-0.4, -0.2) is 55.0 Å². The standard InChI is InChI=1S/C22H24F3N5O2/c1-15(29-8-6-18(7-9-29)32-21-5-3-17(24)11-27-21)22(31,12-30-14-26-13-28-30)19-4-2-16(23)10-20(19)25/h2-5,10-11,13-15,18,31H,6-9,12H2,1H3/t15-,22-/m1/s1. The van der Waals surface area contributed by atoms with Gasteiger partial charge in [-0.1, -0.05) is 6.07 Å². The number of pyridine rings is 1. The van der Waals surface area contributed by atoms with Gasteiger partial charge in [0.15, 0.2) is 0 Å². The lowest BCUT2D eigenvalue weighted by atomic mass is 9.84. The Kier molecular flexibility index (Phi) is 6.43. The Morgan fingerprint density at radius 1 is 1.16 bits per heavy atom. The van der Waals surface area contributed by atoms with Crippen molar-refractivity contribution in [3.63, 3.8) is 0 Å². The van der Waals surface area contributed by atoms with Gasteiger partial charge in [0.2, 0.25) is 5.88 Å². The van der Waals surface area contributed by atoms with Crippen molar-refractivity contribution >= 4 is 0 Å². The molecule has 1 N–H and O–H groups in total. The van der Waals surface area contributed by atoms with Crippen molar-refractivity contribution in [2.24, 2.45) is 0 Å². The van der Waals surface area contributed by atoms with E-state index in [1.54, 1.807) is 0 Å². The number of piperidine rings is 1. The summed E-state index contributed by atoms with van der Waals surface area (Å²) in [7, 11) is 0. The smallest absolute Gasteiger partial charge is 0.213 e. The first kappa shape index (κ1) is 22.2. The SMILES string of the molecule is C[C@@H](N1CCC(Oc2ccc(F)cn2)CC1)[C@](O)(Cn1cncn1)c1ccc(F)cc1F. The van der Waals surface area contributed by atoms with Gasteiger partial charge < -0.3 is 9.84 Å². The molecule has 0 bridgehead atoms. The zero-order valence-electron chi connectivity index (χ0n) is 17.5. The minimum atomic E-state index is -1.68. The van der Waals surface area contributed by atoms with Gasteiger partial charge in [-0.25, -0.2) is 27.8 Å². The zero-order valence-corrected chi connectivity index (χ0v) is 17.5. The van der Waals surface area contributed by atoms with Crippen LogP contribution in [0.3, 0.4) is 0 Å². The average Bonchev–Trinajstić information content (AvgIpc) is 3.28. The average molecular weight is 447 g/mol. The molecule has 1 saturated heterocycles. The van der Waals surface area contributed by atoms with Crippen LogP contribution < -0.4 is 4.74 Å². The summed E-state index contributed by atoms with van der Waals surface area (Å²) in [5.74, 6) is -1.61. The third-order valence-corrected chi connectivity index (χ3v) is 5.97. The number of halogens is 3. The van der Waals surface area contributed by atoms with Gasteiger partial charge in [-0.3, -0.25) is 4.90 Å². The van der Waals surface area contributed by atoms with E-state index < -0.39 is 29.1 Å². The number of rotatable bonds is 7. The second-order valence-corrected chi connectivity index (χ2v) is 7.99. The molecular formula is C22H24F3N5O2. The molecule has 0 aliphatic carbocycles. The van der Waals surface area contributed by atoms with E-state index in [9.17, 15) is 18.3 Å². The minimum absolute atomic E-state index is 0.00390. The van der Waals surface area contributed by atoms with Crippen molar-refractivity contribution in [1.82, 2.24) is 24.6 Å². The molecule has 4 rings (SSSR count). The van der Waals surface area contributed by atoms with E-state index in [4.69, 9.17) is 4.74 Å². The quantitative estimate of drug-likeness (QED) is 0.600. The number of aromatic nitrogens is 4. The van der Waals surface area contributed by atoms with Crippen molar-refractivity contribution < 1.29 is 23.0 Å². The summed E-state index contributed by atoms with van der Waals surface area (Å²) in [4.78, 5) is 9.86. The van der Waals surface area contributed by atoms with Gasteiger partial charge in [0, 0.05) is 36.8 Å². The van der Waals surface area contributed by atoms with Crippen LogP contribution in [0.4, 0.5) is 13.2 Å². The molecule has 0 radical (unpaired) electrons. The van der Waals surface area contributed by atoms with Crippen molar-refractivity contribution in [2.45, 2.75) is 44.1 Å². The fraction of sp³-hybridized carbons (Fsp3) is 0.409. The molecule has 0 spiro atoms. The third kappa shape index (κ3) is 4.76. The Morgan fingerprint density at radius 2 is 1.91 bits per heavy atom. The van der Waals surface area contributed by atoms with Gasteiger partial charge in [0.25, 0.3) is 0 Å². The molecule has 2 atom stereocenters. The first-order valence-corrected chi connectivity index (χ1v) is 10.4. The third-order valence-electron chi connectivity index (χ3n) is 5.97. The highest BCUT2D eigenvalue weighted by atomic mass is 19.1. The lowest BCUT2D eigenvalue weighted by Crippen LogP contribution is -2.54. The Bertz CT molecular complexity index is 1030. The van der Waals surface area contributed by atoms with Crippen molar-refractivity contribution in [3.8, 4) is 5.88 Å². The summed E-state index contributed by atoms with van der Waals surface area (Å²) in [6.45, 7) is 2.92. The van der Waals surface area contributed by atoms with E-state index in [0.29, 0.717) is 31.8 Å². The molecule has 1 fully saturated rings. The van der Waals surface area contributed by atoms with Gasteiger partial charge >= 0.3 is 0 Å². The van der Waals surface area contributed by atoms with E-state index in [2.05, 4.69) is 15.1 Å². The summed E-state index contributed by atoms with van der Waals surface area (Å²) >= 11 is 0. The number of hydrogen-bond acceptors (Lipinski definition) is 6. The maximum atomic E-state index is 14.7. The summed E-state index contributed by atoms with van der Waals surface area (Å²) in [6.07, 6.45) is 5.06. The van der Waals surface area contributed by atoms with Gasteiger partial charge in [-0.2, -0.15) is 5.10 Å². The first-order valence-electron chi connectivity index (χ1n) is 10.4. The Balaban J connectivity index is 1.50. The fourth-order valence-electron chi connectivity index (χ4n) is 4.13. The molecule has 1 aliphatic heterocycles. The number of aliphatic hydroxyl groups is 1. The van der Waals surface area contributed by atoms with Crippen LogP contribution in [0.1, 0.15) is 25.3 Å². The van der Waals surface area contributed by atoms with Crippen LogP contribution in [0, 0.1) is 17.5 Å². The fourth-order valence-corrected chi connectivity index (χ4v) is 4.13. The number of likely N-dealkylation sites (tertiary alicyclic amines) is 1. The predicted molar refractivity (Wildman–Crippen MR) is 109 cm³/mol. The van der Waals surface area contributed by atoms with Crippen LogP contribution in [0.5, 0.6) is 5.88 Å². The molecule has 0 unspecified atom stereocenters. The van der Waals surface area contributed by atoms with E-state index in [0.717, 1.165) is 18.3 Å². The normalized spacial score (nSPS) is 18.3. The second kappa shape index (κ2) is 9.25. The molecule has 1 aromatic carbocycles. The minimum Gasteiger partial charge on any atom is -0.474 e. The molecule has 32 heavy (non-hydrogen) atoms. The van der Waals surface area contributed by atoms with Crippen LogP contribution in [0.2, 0.25) is 0 Å². The molecule has 1 aliphatic rings. The summed E-state index contributed by atoms with van der Waals surface area (Å²) in [6, 6.07) is 5.43. The largest absolute Gasteiger partial charge is 0.474 e. The number of hydrogen-bond donors (Lipinski definition) is 1. The maximum Gasteiger partial charge on any atom is 0.213 e. The molecule has 2 aromatic heterocycles. The number of benzene rings is 1. The van der Waals surface area contributed by atoms with E-state index in [1.165, 1.54) is 35.5 Å². The van der Waals surface area contributed by atoms with Gasteiger partial charge in [-0.05, 0) is 31.9 Å². The lowest BCUT2D eigenvalue weighted by molar-refractivity contribution is -0.0749. The molecule has 3 heterocycles. The van der Waals surface area contributed by atoms with E-state index in [-0.39, 0.29) is 18.2 Å². The molecule has 0 saturated carbocycles. The summed E-state index contributed by atoms with van der Waals surface area (Å²) in [5, 5.41) is 15.7. The highest BCUT2D eigenvalue weighted by molar-refractivity contribution is 5.27. The highest BCUT2D eigenvalue weighted by Crippen LogP contribution is 2.34. The predicted octanol–water partition coefficient (Wildman–Crippen LogP) is 2.91. The lowest BCUT2D eigenvalue weighted by Gasteiger charge is -2.44. The number of nitrogens with zero attached hydrogens (tertiary/aromatic N) is 5. The van der Waals surface area contributed by atoms with Crippen LogP contribution in [0.15, 0.2) is 49.2 Å². The maximum absolute atomic E-state index is 14.7. The van der Waals surface area contributed by atoms with Crippen LogP contribution >= 0.6 is 0 Å². The molecule has 10 heteroatoms. The molecule has 170 valence electrons. The second-order valence-electron chi connectivity index (χ2n) is 7.99. The van der Waals surface area contributed by atoms with Crippen LogP contribution in [-0.2, 0) is 12.1 Å². The monoisotopic (exact) mass is 447 g/mol. The summed E-state index contributed by atoms with van der Waals surface area (Å²) in [5.41, 5.74) is -1.69. The molecule has 7 nitrogen and oxygen atoms in total. The number of ether oxygens (including phenoxy) is 1.